The minimum atomic E-state index is -1.34. The molecule has 13 nitrogen and oxygen atoms in total. The molecule has 0 aromatic carbocycles. The van der Waals surface area contributed by atoms with Gasteiger partial charge in [-0.05, 0) is 20.8 Å². The second-order valence-electron chi connectivity index (χ2n) is 8.51. The molecule has 1 atom stereocenters. The molecule has 1 amide bonds. The number of rotatable bonds is 21. The van der Waals surface area contributed by atoms with Crippen LogP contribution in [0.15, 0.2) is 0 Å². The van der Waals surface area contributed by atoms with Gasteiger partial charge >= 0.3 is 12.1 Å². The van der Waals surface area contributed by atoms with Crippen molar-refractivity contribution in [2.45, 2.75) is 38.8 Å². The highest BCUT2D eigenvalue weighted by Gasteiger charge is 2.27. The third-order valence-corrected chi connectivity index (χ3v) is 4.24. The molecule has 0 aromatic heterocycles. The van der Waals surface area contributed by atoms with E-state index in [1.54, 1.807) is 35.0 Å². The van der Waals surface area contributed by atoms with E-state index in [0.717, 1.165) is 0 Å². The van der Waals surface area contributed by atoms with Crippen LogP contribution in [0.4, 0.5) is 4.79 Å². The van der Waals surface area contributed by atoms with Crippen molar-refractivity contribution in [1.29, 1.82) is 0 Å². The van der Waals surface area contributed by atoms with Gasteiger partial charge < -0.3 is 48.5 Å². The molecule has 36 heavy (non-hydrogen) atoms. The van der Waals surface area contributed by atoms with Gasteiger partial charge in [0.1, 0.15) is 11.6 Å². The summed E-state index contributed by atoms with van der Waals surface area (Å²) >= 11 is 0. The summed E-state index contributed by atoms with van der Waals surface area (Å²) in [5.41, 5.74) is 4.96. The van der Waals surface area contributed by atoms with Crippen molar-refractivity contribution < 1.29 is 52.3 Å². The molecule has 13 heteroatoms. The molecule has 0 aliphatic heterocycles. The molecule has 0 aliphatic rings. The fourth-order valence-corrected chi connectivity index (χ4v) is 2.47. The van der Waals surface area contributed by atoms with E-state index in [1.807, 2.05) is 0 Å². The Labute approximate surface area is 213 Å². The summed E-state index contributed by atoms with van der Waals surface area (Å²) in [6.45, 7) is 9.28. The largest absolute Gasteiger partial charge is 0.516 e. The van der Waals surface area contributed by atoms with Crippen molar-refractivity contribution >= 4 is 18.0 Å². The van der Waals surface area contributed by atoms with Crippen LogP contribution in [0.25, 0.3) is 0 Å². The van der Waals surface area contributed by atoms with Crippen LogP contribution in [0.2, 0.25) is 0 Å². The third-order valence-electron chi connectivity index (χ3n) is 4.24. The van der Waals surface area contributed by atoms with Gasteiger partial charge in [-0.25, -0.2) is 9.59 Å². The molecule has 0 radical (unpaired) electrons. The normalized spacial score (nSPS) is 12.3. The zero-order valence-electron chi connectivity index (χ0n) is 22.3. The van der Waals surface area contributed by atoms with Gasteiger partial charge in [0.05, 0.1) is 72.5 Å². The number of hydrogen-bond donors (Lipinski definition) is 1. The lowest BCUT2D eigenvalue weighted by molar-refractivity contribution is -0.146. The minimum Gasteiger partial charge on any atom is -0.428 e. The van der Waals surface area contributed by atoms with Crippen LogP contribution in [-0.4, -0.2) is 128 Å². The van der Waals surface area contributed by atoms with Crippen molar-refractivity contribution in [2.75, 3.05) is 93.4 Å². The van der Waals surface area contributed by atoms with Gasteiger partial charge in [-0.2, -0.15) is 0 Å². The van der Waals surface area contributed by atoms with Gasteiger partial charge in [-0.15, -0.1) is 0 Å². The summed E-state index contributed by atoms with van der Waals surface area (Å²) < 4.78 is 41.0. The number of nitrogens with zero attached hydrogens (tertiary/aromatic N) is 1. The van der Waals surface area contributed by atoms with Crippen molar-refractivity contribution in [3.05, 3.63) is 0 Å². The van der Waals surface area contributed by atoms with Crippen LogP contribution >= 0.6 is 0 Å². The quantitative estimate of drug-likeness (QED) is 0.125. The molecule has 0 bridgehead atoms. The Morgan fingerprint density at radius 3 is 1.56 bits per heavy atom. The van der Waals surface area contributed by atoms with Crippen LogP contribution in [-0.2, 0) is 47.5 Å². The summed E-state index contributed by atoms with van der Waals surface area (Å²) in [6.07, 6.45) is -1.53. The van der Waals surface area contributed by atoms with Crippen LogP contribution in [0.3, 0.4) is 0 Å². The molecule has 212 valence electrons. The Morgan fingerprint density at radius 2 is 1.14 bits per heavy atom. The number of amides is 1. The van der Waals surface area contributed by atoms with Crippen LogP contribution in [0, 0.1) is 0 Å². The molecule has 0 fully saturated rings. The lowest BCUT2D eigenvalue weighted by atomic mass is 10.2. The van der Waals surface area contributed by atoms with Crippen molar-refractivity contribution in [3.63, 3.8) is 0 Å². The Kier molecular flexibility index (Phi) is 20.1. The second-order valence-corrected chi connectivity index (χ2v) is 8.51. The predicted molar refractivity (Wildman–Crippen MR) is 129 cm³/mol. The molecule has 0 saturated heterocycles. The van der Waals surface area contributed by atoms with Crippen molar-refractivity contribution in [3.8, 4) is 0 Å². The highest BCUT2D eigenvalue weighted by atomic mass is 16.7. The van der Waals surface area contributed by atoms with E-state index in [0.29, 0.717) is 52.9 Å². The van der Waals surface area contributed by atoms with Gasteiger partial charge in [0.15, 0.2) is 0 Å². The first-order valence-corrected chi connectivity index (χ1v) is 11.9. The summed E-state index contributed by atoms with van der Waals surface area (Å²) in [5, 5.41) is 0. The summed E-state index contributed by atoms with van der Waals surface area (Å²) in [4.78, 5) is 38.0. The highest BCUT2D eigenvalue weighted by Crippen LogP contribution is 2.09. The van der Waals surface area contributed by atoms with Crippen LogP contribution in [0.5, 0.6) is 0 Å². The van der Waals surface area contributed by atoms with E-state index in [9.17, 15) is 14.4 Å². The number of methoxy groups -OCH3 is 2. The average molecular weight is 525 g/mol. The van der Waals surface area contributed by atoms with Gasteiger partial charge in [-0.1, -0.05) is 0 Å². The summed E-state index contributed by atoms with van der Waals surface area (Å²) in [5.74, 6) is -1.46. The molecule has 2 N–H and O–H groups in total. The first-order chi connectivity index (χ1) is 17.1. The van der Waals surface area contributed by atoms with Gasteiger partial charge in [-0.3, -0.25) is 4.79 Å². The molecule has 0 saturated carbocycles. The summed E-state index contributed by atoms with van der Waals surface area (Å²) in [6, 6.07) is -1.34. The number of ether oxygens (including phenoxy) is 8. The second kappa shape index (κ2) is 21.2. The molecular formula is C23H44N2O11. The number of hydrogen-bond acceptors (Lipinski definition) is 12. The van der Waals surface area contributed by atoms with Gasteiger partial charge in [0.2, 0.25) is 5.91 Å². The van der Waals surface area contributed by atoms with Crippen LogP contribution in [0.1, 0.15) is 27.2 Å². The fraction of sp³-hybridized carbons (Fsp3) is 0.870. The van der Waals surface area contributed by atoms with Gasteiger partial charge in [0.25, 0.3) is 0 Å². The molecule has 0 spiro atoms. The maximum Gasteiger partial charge on any atom is 0.516 e. The number of nitrogens with two attached hydrogens (primary N) is 1. The Balaban J connectivity index is 4.57. The fourth-order valence-electron chi connectivity index (χ4n) is 2.47. The number of carbonyl (C=O) groups excluding carboxylic acids is 3. The molecule has 0 heterocycles. The SMILES string of the molecule is COCCOCCOCCN(CCOCCOCCOC)C(=O)C[C@H](N)C(=O)OC(=O)OC(C)(C)C. The molecule has 0 rings (SSSR count). The third kappa shape index (κ3) is 20.3. The minimum absolute atomic E-state index is 0.247. The first kappa shape index (κ1) is 34.1. The summed E-state index contributed by atoms with van der Waals surface area (Å²) in [7, 11) is 3.18. The Bertz CT molecular complexity index is 579. The predicted octanol–water partition coefficient (Wildman–Crippen LogP) is 0.370. The number of carbonyl (C=O) groups is 3. The molecule has 0 aromatic rings. The Morgan fingerprint density at radius 1 is 0.722 bits per heavy atom. The van der Waals surface area contributed by atoms with E-state index in [1.165, 1.54) is 4.90 Å². The van der Waals surface area contributed by atoms with Crippen molar-refractivity contribution in [2.24, 2.45) is 5.73 Å². The van der Waals surface area contributed by atoms with E-state index in [2.05, 4.69) is 4.74 Å². The topological polar surface area (TPSA) is 154 Å². The van der Waals surface area contributed by atoms with E-state index in [-0.39, 0.29) is 32.7 Å². The standard InChI is InChI=1S/C23H44N2O11/c1-23(2,3)36-22(28)35-21(27)19(24)18-20(26)25(6-8-31-14-16-33-12-10-29-4)7-9-32-15-17-34-13-11-30-5/h19H,6-18,24H2,1-5H3/t19-/m0/s1. The van der Waals surface area contributed by atoms with Crippen molar-refractivity contribution in [1.82, 2.24) is 4.90 Å². The molecular weight excluding hydrogens is 480 g/mol. The monoisotopic (exact) mass is 524 g/mol. The lowest BCUT2D eigenvalue weighted by Crippen LogP contribution is -2.43. The highest BCUT2D eigenvalue weighted by molar-refractivity contribution is 5.89. The number of esters is 1. The zero-order valence-corrected chi connectivity index (χ0v) is 22.3. The smallest absolute Gasteiger partial charge is 0.428 e. The molecule has 0 aliphatic carbocycles. The zero-order chi connectivity index (χ0) is 27.2. The average Bonchev–Trinajstić information content (AvgIpc) is 2.79. The molecule has 0 unspecified atom stereocenters. The van der Waals surface area contributed by atoms with Gasteiger partial charge in [0, 0.05) is 27.3 Å². The van der Waals surface area contributed by atoms with E-state index in [4.69, 9.17) is 38.9 Å². The Hall–Kier alpha value is -1.87. The van der Waals surface area contributed by atoms with E-state index >= 15 is 0 Å². The lowest BCUT2D eigenvalue weighted by Gasteiger charge is -2.24. The first-order valence-electron chi connectivity index (χ1n) is 11.9. The van der Waals surface area contributed by atoms with E-state index < -0.39 is 29.7 Å². The maximum atomic E-state index is 12.8. The maximum absolute atomic E-state index is 12.8. The van der Waals surface area contributed by atoms with Crippen LogP contribution < -0.4 is 5.73 Å².